The molecule has 0 atom stereocenters. The van der Waals surface area contributed by atoms with Crippen molar-refractivity contribution in [3.8, 4) is 6.07 Å². The van der Waals surface area contributed by atoms with E-state index >= 15 is 0 Å². The average Bonchev–Trinajstić information content (AvgIpc) is 3.23. The molecule has 0 amide bonds. The summed E-state index contributed by atoms with van der Waals surface area (Å²) in [6.45, 7) is 0.696. The lowest BCUT2D eigenvalue weighted by molar-refractivity contribution is 0.151. The molecule has 0 aliphatic heterocycles. The molecule has 0 saturated heterocycles. The van der Waals surface area contributed by atoms with Crippen molar-refractivity contribution in [2.45, 2.75) is 19.4 Å². The molecule has 0 N–H and O–H groups in total. The highest BCUT2D eigenvalue weighted by molar-refractivity contribution is 6.33. The third-order valence-electron chi connectivity index (χ3n) is 3.24. The van der Waals surface area contributed by atoms with Crippen LogP contribution in [0, 0.1) is 22.2 Å². The Morgan fingerprint density at radius 2 is 2.43 bits per heavy atom. The number of pyridine rings is 1. The van der Waals surface area contributed by atoms with Gasteiger partial charge in [-0.15, -0.1) is 4.91 Å². The van der Waals surface area contributed by atoms with Crippen molar-refractivity contribution in [3.05, 3.63) is 28.1 Å². The van der Waals surface area contributed by atoms with Crippen LogP contribution >= 0.6 is 11.6 Å². The Morgan fingerprint density at radius 3 is 3.10 bits per heavy atom. The van der Waals surface area contributed by atoms with Gasteiger partial charge in [0.05, 0.1) is 5.52 Å². The second-order valence-electron chi connectivity index (χ2n) is 4.67. The predicted octanol–water partition coefficient (Wildman–Crippen LogP) is 2.42. The number of rotatable bonds is 5. The number of aromatic nitrogens is 3. The maximum Gasteiger partial charge on any atom is 0.225 e. The summed E-state index contributed by atoms with van der Waals surface area (Å²) in [4.78, 5) is 22.4. The lowest BCUT2D eigenvalue weighted by Crippen LogP contribution is -2.11. The van der Waals surface area contributed by atoms with Crippen LogP contribution in [0.15, 0.2) is 22.8 Å². The Balaban J connectivity index is 2.17. The van der Waals surface area contributed by atoms with Crippen molar-refractivity contribution >= 4 is 28.3 Å². The van der Waals surface area contributed by atoms with Crippen molar-refractivity contribution < 1.29 is 4.94 Å². The van der Waals surface area contributed by atoms with Gasteiger partial charge < -0.3 is 4.57 Å². The third-order valence-corrected chi connectivity index (χ3v) is 3.52. The number of halogens is 1. The summed E-state index contributed by atoms with van der Waals surface area (Å²) in [6, 6.07) is 3.62. The first-order valence-electron chi connectivity index (χ1n) is 6.22. The van der Waals surface area contributed by atoms with Crippen molar-refractivity contribution in [1.82, 2.24) is 14.5 Å². The van der Waals surface area contributed by atoms with Crippen molar-refractivity contribution in [2.75, 3.05) is 0 Å². The Morgan fingerprint density at radius 1 is 1.62 bits per heavy atom. The summed E-state index contributed by atoms with van der Waals surface area (Å²) in [5.74, 6) is 0.830. The highest BCUT2D eigenvalue weighted by Crippen LogP contribution is 2.33. The van der Waals surface area contributed by atoms with Crippen LogP contribution in [0.2, 0.25) is 5.15 Å². The normalized spacial score (nSPS) is 15.0. The van der Waals surface area contributed by atoms with E-state index in [0.717, 1.165) is 18.4 Å². The first-order valence-corrected chi connectivity index (χ1v) is 6.60. The minimum atomic E-state index is -0.137. The molecule has 0 spiro atoms. The first kappa shape index (κ1) is 13.5. The molecule has 2 aromatic heterocycles. The van der Waals surface area contributed by atoms with Crippen LogP contribution < -0.4 is 0 Å². The van der Waals surface area contributed by atoms with Crippen LogP contribution in [-0.4, -0.2) is 20.2 Å². The van der Waals surface area contributed by atoms with Crippen LogP contribution in [0.1, 0.15) is 18.7 Å². The standard InChI is InChI=1S/C12H9ClN6O2/c13-11-10-9(3-4-15-11)19(6-7-1-2-7)12(16-10)8(5-14)17-21-18-20/h3-4,7H,1-2,6H2. The molecular weight excluding hydrogens is 296 g/mol. The Hall–Kier alpha value is -2.53. The summed E-state index contributed by atoms with van der Waals surface area (Å²) in [5.41, 5.74) is 1.11. The summed E-state index contributed by atoms with van der Waals surface area (Å²) in [5, 5.41) is 14.9. The van der Waals surface area contributed by atoms with Gasteiger partial charge in [0.1, 0.15) is 11.6 Å². The molecule has 2 heterocycles. The monoisotopic (exact) mass is 304 g/mol. The highest BCUT2D eigenvalue weighted by atomic mass is 35.5. The van der Waals surface area contributed by atoms with Crippen molar-refractivity contribution in [2.24, 2.45) is 16.4 Å². The molecular formula is C12H9ClN6O2. The minimum absolute atomic E-state index is 0.137. The van der Waals surface area contributed by atoms with Gasteiger partial charge in [-0.1, -0.05) is 11.6 Å². The fraction of sp³-hybridized carbons (Fsp3) is 0.333. The second-order valence-corrected chi connectivity index (χ2v) is 5.02. The molecule has 1 aliphatic rings. The number of oxime groups is 1. The quantitative estimate of drug-likeness (QED) is 0.365. The Kier molecular flexibility index (Phi) is 3.50. The average molecular weight is 305 g/mol. The summed E-state index contributed by atoms with van der Waals surface area (Å²) in [7, 11) is 0. The van der Waals surface area contributed by atoms with Crippen molar-refractivity contribution in [3.63, 3.8) is 0 Å². The van der Waals surface area contributed by atoms with Gasteiger partial charge in [0.15, 0.2) is 16.3 Å². The van der Waals surface area contributed by atoms with Gasteiger partial charge in [-0.25, -0.2) is 14.9 Å². The van der Waals surface area contributed by atoms with Gasteiger partial charge in [-0.3, -0.25) is 0 Å². The number of hydrogen-bond acceptors (Lipinski definition) is 7. The molecule has 106 valence electrons. The van der Waals surface area contributed by atoms with Gasteiger partial charge in [0, 0.05) is 12.7 Å². The largest absolute Gasteiger partial charge is 0.322 e. The van der Waals surface area contributed by atoms with Crippen LogP contribution in [-0.2, 0) is 11.5 Å². The molecule has 0 bridgehead atoms. The zero-order valence-corrected chi connectivity index (χ0v) is 11.5. The van der Waals surface area contributed by atoms with E-state index in [1.165, 1.54) is 0 Å². The summed E-state index contributed by atoms with van der Waals surface area (Å²) in [6.07, 6.45) is 3.83. The van der Waals surface area contributed by atoms with Gasteiger partial charge in [0.2, 0.25) is 5.71 Å². The van der Waals surface area contributed by atoms with E-state index in [2.05, 4.69) is 25.4 Å². The number of hydrogen-bond donors (Lipinski definition) is 0. The van der Waals surface area contributed by atoms with Gasteiger partial charge in [0.25, 0.3) is 0 Å². The zero-order valence-electron chi connectivity index (χ0n) is 10.7. The summed E-state index contributed by atoms with van der Waals surface area (Å²) >= 11 is 6.04. The molecule has 8 nitrogen and oxygen atoms in total. The number of imidazole rings is 1. The van der Waals surface area contributed by atoms with E-state index in [9.17, 15) is 4.91 Å². The number of nitrogens with zero attached hydrogens (tertiary/aromatic N) is 6. The fourth-order valence-corrected chi connectivity index (χ4v) is 2.31. The second kappa shape index (κ2) is 5.46. The fourth-order valence-electron chi connectivity index (χ4n) is 2.11. The Bertz CT molecular complexity index is 774. The van der Waals surface area contributed by atoms with Crippen LogP contribution in [0.4, 0.5) is 0 Å². The van der Waals surface area contributed by atoms with E-state index in [-0.39, 0.29) is 16.7 Å². The van der Waals surface area contributed by atoms with Crippen molar-refractivity contribution in [1.29, 1.82) is 5.26 Å². The van der Waals surface area contributed by atoms with Crippen LogP contribution in [0.5, 0.6) is 0 Å². The smallest absolute Gasteiger partial charge is 0.225 e. The maximum absolute atomic E-state index is 10.0. The SMILES string of the molecule is N#CC(=NON=O)c1nc2c(Cl)nccc2n1CC1CC1. The predicted molar refractivity (Wildman–Crippen MR) is 74.3 cm³/mol. The van der Waals surface area contributed by atoms with Gasteiger partial charge in [-0.2, -0.15) is 5.26 Å². The van der Waals surface area contributed by atoms with E-state index < -0.39 is 0 Å². The lowest BCUT2D eigenvalue weighted by Gasteiger charge is -2.06. The zero-order chi connectivity index (χ0) is 14.8. The summed E-state index contributed by atoms with van der Waals surface area (Å²) < 4.78 is 1.84. The molecule has 3 rings (SSSR count). The van der Waals surface area contributed by atoms with E-state index in [1.807, 2.05) is 10.6 Å². The molecule has 0 aromatic carbocycles. The molecule has 9 heteroatoms. The minimum Gasteiger partial charge on any atom is -0.322 e. The van der Waals surface area contributed by atoms with E-state index in [1.54, 1.807) is 12.3 Å². The first-order chi connectivity index (χ1) is 10.2. The van der Waals surface area contributed by atoms with E-state index in [0.29, 0.717) is 18.0 Å². The molecule has 1 saturated carbocycles. The molecule has 0 unspecified atom stereocenters. The van der Waals surface area contributed by atoms with Crippen LogP contribution in [0.3, 0.4) is 0 Å². The molecule has 1 aliphatic carbocycles. The number of fused-ring (bicyclic) bond motifs is 1. The van der Waals surface area contributed by atoms with Gasteiger partial charge >= 0.3 is 0 Å². The highest BCUT2D eigenvalue weighted by Gasteiger charge is 2.26. The number of nitriles is 1. The van der Waals surface area contributed by atoms with E-state index in [4.69, 9.17) is 16.9 Å². The Labute approximate surface area is 123 Å². The van der Waals surface area contributed by atoms with Crippen LogP contribution in [0.25, 0.3) is 11.0 Å². The molecule has 2 aromatic rings. The third kappa shape index (κ3) is 2.55. The lowest BCUT2D eigenvalue weighted by atomic mass is 10.3. The molecule has 21 heavy (non-hydrogen) atoms. The topological polar surface area (TPSA) is 106 Å². The molecule has 0 radical (unpaired) electrons. The maximum atomic E-state index is 10.0. The molecule has 1 fully saturated rings. The van der Waals surface area contributed by atoms with Gasteiger partial charge in [-0.05, 0) is 30.0 Å².